The molecule has 2 N–H and O–H groups in total. The molecule has 0 fully saturated rings. The maximum Gasteiger partial charge on any atom is 0.200 e. The molecule has 0 aliphatic carbocycles. The van der Waals surface area contributed by atoms with Crippen LogP contribution in [0.2, 0.25) is 0 Å². The van der Waals surface area contributed by atoms with Gasteiger partial charge < -0.3 is 10.2 Å². The van der Waals surface area contributed by atoms with Crippen LogP contribution < -0.4 is 5.73 Å². The molecule has 1 unspecified atom stereocenters. The SMILES string of the molecule is CC(C)C(CN)c1nc2cccc(Br)c2o1. The fourth-order valence-corrected chi connectivity index (χ4v) is 2.19. The number of oxazole rings is 1. The molecule has 86 valence electrons. The lowest BCUT2D eigenvalue weighted by Crippen LogP contribution is -2.17. The Morgan fingerprint density at radius 2 is 2.19 bits per heavy atom. The summed E-state index contributed by atoms with van der Waals surface area (Å²) >= 11 is 3.45. The highest BCUT2D eigenvalue weighted by atomic mass is 79.9. The molecule has 0 bridgehead atoms. The minimum atomic E-state index is 0.180. The summed E-state index contributed by atoms with van der Waals surface area (Å²) in [6, 6.07) is 5.84. The van der Waals surface area contributed by atoms with Gasteiger partial charge in [-0.2, -0.15) is 0 Å². The maximum atomic E-state index is 5.78. The third-order valence-electron chi connectivity index (χ3n) is 2.76. The van der Waals surface area contributed by atoms with Gasteiger partial charge in [0.1, 0.15) is 5.52 Å². The number of aromatic nitrogens is 1. The van der Waals surface area contributed by atoms with E-state index in [1.165, 1.54) is 0 Å². The molecule has 0 aliphatic rings. The van der Waals surface area contributed by atoms with E-state index in [9.17, 15) is 0 Å². The lowest BCUT2D eigenvalue weighted by Gasteiger charge is -2.14. The predicted molar refractivity (Wildman–Crippen MR) is 68.3 cm³/mol. The van der Waals surface area contributed by atoms with Crippen LogP contribution >= 0.6 is 15.9 Å². The Kier molecular flexibility index (Phi) is 3.30. The number of nitrogens with two attached hydrogens (primary N) is 1. The standard InChI is InChI=1S/C12H15BrN2O/c1-7(2)8(6-14)12-15-10-5-3-4-9(13)11(10)16-12/h3-5,7-8H,6,14H2,1-2H3. The van der Waals surface area contributed by atoms with E-state index in [0.717, 1.165) is 21.5 Å². The van der Waals surface area contributed by atoms with Gasteiger partial charge in [-0.1, -0.05) is 19.9 Å². The summed E-state index contributed by atoms with van der Waals surface area (Å²) in [5.74, 6) is 1.34. The van der Waals surface area contributed by atoms with Gasteiger partial charge in [-0.05, 0) is 34.0 Å². The Bertz CT molecular complexity index is 493. The smallest absolute Gasteiger partial charge is 0.200 e. The van der Waals surface area contributed by atoms with Crippen molar-refractivity contribution in [2.45, 2.75) is 19.8 Å². The van der Waals surface area contributed by atoms with Crippen LogP contribution in [0.3, 0.4) is 0 Å². The molecule has 0 radical (unpaired) electrons. The number of benzene rings is 1. The molecule has 2 rings (SSSR count). The van der Waals surface area contributed by atoms with Crippen LogP contribution in [-0.4, -0.2) is 11.5 Å². The molecular weight excluding hydrogens is 268 g/mol. The van der Waals surface area contributed by atoms with Crippen LogP contribution in [-0.2, 0) is 0 Å². The van der Waals surface area contributed by atoms with Crippen molar-refractivity contribution in [2.75, 3.05) is 6.54 Å². The predicted octanol–water partition coefficient (Wildman–Crippen LogP) is 3.29. The van der Waals surface area contributed by atoms with Crippen LogP contribution in [0.15, 0.2) is 27.1 Å². The molecule has 0 saturated heterocycles. The molecule has 2 aromatic rings. The van der Waals surface area contributed by atoms with Gasteiger partial charge in [-0.15, -0.1) is 0 Å². The van der Waals surface area contributed by atoms with Gasteiger partial charge in [0.15, 0.2) is 11.5 Å². The number of nitrogens with zero attached hydrogens (tertiary/aromatic N) is 1. The largest absolute Gasteiger partial charge is 0.439 e. The van der Waals surface area contributed by atoms with Crippen LogP contribution in [0.25, 0.3) is 11.1 Å². The van der Waals surface area contributed by atoms with Crippen molar-refractivity contribution in [3.63, 3.8) is 0 Å². The van der Waals surface area contributed by atoms with E-state index in [4.69, 9.17) is 10.2 Å². The van der Waals surface area contributed by atoms with E-state index in [0.29, 0.717) is 12.5 Å². The van der Waals surface area contributed by atoms with Crippen molar-refractivity contribution >= 4 is 27.0 Å². The lowest BCUT2D eigenvalue weighted by molar-refractivity contribution is 0.400. The van der Waals surface area contributed by atoms with E-state index in [1.54, 1.807) is 0 Å². The highest BCUT2D eigenvalue weighted by molar-refractivity contribution is 9.10. The van der Waals surface area contributed by atoms with Crippen molar-refractivity contribution in [3.8, 4) is 0 Å². The quantitative estimate of drug-likeness (QED) is 0.940. The number of para-hydroxylation sites is 1. The monoisotopic (exact) mass is 282 g/mol. The van der Waals surface area contributed by atoms with Gasteiger partial charge in [0.25, 0.3) is 0 Å². The Labute approximate surface area is 103 Å². The van der Waals surface area contributed by atoms with Gasteiger partial charge >= 0.3 is 0 Å². The molecule has 0 amide bonds. The summed E-state index contributed by atoms with van der Waals surface area (Å²) in [4.78, 5) is 4.49. The molecule has 0 aliphatic heterocycles. The van der Waals surface area contributed by atoms with Crippen LogP contribution in [0, 0.1) is 5.92 Å². The van der Waals surface area contributed by atoms with Crippen molar-refractivity contribution in [1.29, 1.82) is 0 Å². The number of fused-ring (bicyclic) bond motifs is 1. The molecule has 1 atom stereocenters. The fraction of sp³-hybridized carbons (Fsp3) is 0.417. The van der Waals surface area contributed by atoms with Crippen LogP contribution in [0.5, 0.6) is 0 Å². The zero-order chi connectivity index (χ0) is 11.7. The van der Waals surface area contributed by atoms with E-state index in [-0.39, 0.29) is 5.92 Å². The molecule has 0 spiro atoms. The fourth-order valence-electron chi connectivity index (χ4n) is 1.75. The minimum absolute atomic E-state index is 0.180. The summed E-state index contributed by atoms with van der Waals surface area (Å²) in [7, 11) is 0. The molecule has 1 aromatic carbocycles. The second-order valence-corrected chi connectivity index (χ2v) is 5.08. The average molecular weight is 283 g/mol. The minimum Gasteiger partial charge on any atom is -0.439 e. The number of hydrogen-bond donors (Lipinski definition) is 1. The Hall–Kier alpha value is -0.870. The summed E-state index contributed by atoms with van der Waals surface area (Å²) in [6.07, 6.45) is 0. The third kappa shape index (κ3) is 1.99. The topological polar surface area (TPSA) is 52.0 Å². The van der Waals surface area contributed by atoms with Crippen molar-refractivity contribution in [1.82, 2.24) is 4.98 Å². The van der Waals surface area contributed by atoms with Crippen LogP contribution in [0.4, 0.5) is 0 Å². The first-order valence-electron chi connectivity index (χ1n) is 5.38. The van der Waals surface area contributed by atoms with Gasteiger partial charge in [-0.25, -0.2) is 4.98 Å². The van der Waals surface area contributed by atoms with Gasteiger partial charge in [-0.3, -0.25) is 0 Å². The summed E-state index contributed by atoms with van der Waals surface area (Å²) in [6.45, 7) is 4.81. The molecule has 16 heavy (non-hydrogen) atoms. The number of rotatable bonds is 3. The summed E-state index contributed by atoms with van der Waals surface area (Å²) < 4.78 is 6.71. The van der Waals surface area contributed by atoms with Gasteiger partial charge in [0, 0.05) is 6.54 Å². The Morgan fingerprint density at radius 3 is 2.75 bits per heavy atom. The lowest BCUT2D eigenvalue weighted by atomic mass is 9.96. The molecular formula is C12H15BrN2O. The molecule has 3 nitrogen and oxygen atoms in total. The number of hydrogen-bond acceptors (Lipinski definition) is 3. The molecule has 0 saturated carbocycles. The molecule has 1 heterocycles. The zero-order valence-corrected chi connectivity index (χ0v) is 11.0. The second-order valence-electron chi connectivity index (χ2n) is 4.23. The molecule has 1 aromatic heterocycles. The average Bonchev–Trinajstić information content (AvgIpc) is 2.63. The normalized spacial score (nSPS) is 13.6. The van der Waals surface area contributed by atoms with E-state index < -0.39 is 0 Å². The van der Waals surface area contributed by atoms with Gasteiger partial charge in [0.05, 0.1) is 10.4 Å². The third-order valence-corrected chi connectivity index (χ3v) is 3.38. The van der Waals surface area contributed by atoms with E-state index in [2.05, 4.69) is 34.8 Å². The Balaban J connectivity index is 2.50. The Morgan fingerprint density at radius 1 is 1.44 bits per heavy atom. The first-order valence-corrected chi connectivity index (χ1v) is 6.17. The molecule has 4 heteroatoms. The van der Waals surface area contributed by atoms with Crippen LogP contribution in [0.1, 0.15) is 25.7 Å². The van der Waals surface area contributed by atoms with Crippen molar-refractivity contribution in [2.24, 2.45) is 11.7 Å². The first-order chi connectivity index (χ1) is 7.63. The summed E-state index contributed by atoms with van der Waals surface area (Å²) in [5, 5.41) is 0. The van der Waals surface area contributed by atoms with E-state index >= 15 is 0 Å². The highest BCUT2D eigenvalue weighted by Crippen LogP contribution is 2.29. The maximum absolute atomic E-state index is 5.78. The second kappa shape index (κ2) is 4.55. The van der Waals surface area contributed by atoms with Gasteiger partial charge in [0.2, 0.25) is 0 Å². The summed E-state index contributed by atoms with van der Waals surface area (Å²) in [5.41, 5.74) is 7.43. The van der Waals surface area contributed by atoms with Crippen molar-refractivity contribution < 1.29 is 4.42 Å². The zero-order valence-electron chi connectivity index (χ0n) is 9.40. The number of halogens is 1. The highest BCUT2D eigenvalue weighted by Gasteiger charge is 2.20. The van der Waals surface area contributed by atoms with E-state index in [1.807, 2.05) is 18.2 Å². The first kappa shape index (κ1) is 11.6. The van der Waals surface area contributed by atoms with Crippen molar-refractivity contribution in [3.05, 3.63) is 28.6 Å².